The van der Waals surface area contributed by atoms with E-state index in [-0.39, 0.29) is 23.3 Å². The highest BCUT2D eigenvalue weighted by Crippen LogP contribution is 2.19. The number of halogens is 3. The molecule has 0 aliphatic rings. The molecule has 5 nitrogen and oxygen atoms in total. The second-order valence-corrected chi connectivity index (χ2v) is 6.52. The smallest absolute Gasteiger partial charge is 0.286 e. The fourth-order valence-corrected chi connectivity index (χ4v) is 3.05. The summed E-state index contributed by atoms with van der Waals surface area (Å²) in [6.07, 6.45) is 1.42. The van der Waals surface area contributed by atoms with Crippen molar-refractivity contribution in [3.63, 3.8) is 0 Å². The maximum absolute atomic E-state index is 14.2. The zero-order valence-corrected chi connectivity index (χ0v) is 14.9. The highest BCUT2D eigenvalue weighted by atomic mass is 35.5. The summed E-state index contributed by atoms with van der Waals surface area (Å²) in [5, 5.41) is 0.511. The summed E-state index contributed by atoms with van der Waals surface area (Å²) in [5.74, 6) is -0.866. The van der Waals surface area contributed by atoms with Crippen molar-refractivity contribution in [2.24, 2.45) is 7.05 Å². The fraction of sp³-hybridized carbons (Fsp3) is 0.105. The molecule has 0 bridgehead atoms. The van der Waals surface area contributed by atoms with E-state index in [4.69, 9.17) is 11.6 Å². The Labute approximate surface area is 157 Å². The van der Waals surface area contributed by atoms with Gasteiger partial charge in [0.1, 0.15) is 17.5 Å². The summed E-state index contributed by atoms with van der Waals surface area (Å²) in [7, 11) is 1.71. The van der Waals surface area contributed by atoms with Crippen molar-refractivity contribution in [2.45, 2.75) is 6.42 Å². The first-order valence-corrected chi connectivity index (χ1v) is 8.44. The van der Waals surface area contributed by atoms with E-state index in [1.807, 2.05) is 0 Å². The van der Waals surface area contributed by atoms with Gasteiger partial charge in [0.2, 0.25) is 0 Å². The third kappa shape index (κ3) is 3.10. The van der Waals surface area contributed by atoms with Crippen molar-refractivity contribution in [1.29, 1.82) is 0 Å². The van der Waals surface area contributed by atoms with E-state index in [0.717, 1.165) is 18.2 Å². The Balaban J connectivity index is 1.98. The number of benzene rings is 2. The van der Waals surface area contributed by atoms with Crippen LogP contribution in [-0.2, 0) is 13.5 Å². The van der Waals surface area contributed by atoms with Gasteiger partial charge < -0.3 is 4.57 Å². The van der Waals surface area contributed by atoms with Gasteiger partial charge in [-0.25, -0.2) is 18.7 Å². The molecule has 4 rings (SSSR count). The molecule has 136 valence electrons. The molecule has 0 fully saturated rings. The minimum atomic E-state index is -0.571. The van der Waals surface area contributed by atoms with E-state index in [2.05, 4.69) is 9.97 Å². The summed E-state index contributed by atoms with van der Waals surface area (Å²) >= 11 is 5.94. The van der Waals surface area contributed by atoms with Crippen LogP contribution in [0, 0.1) is 11.6 Å². The predicted molar refractivity (Wildman–Crippen MR) is 98.3 cm³/mol. The first-order chi connectivity index (χ1) is 12.9. The number of fused-ring (bicyclic) bond motifs is 1. The summed E-state index contributed by atoms with van der Waals surface area (Å²) in [6, 6.07) is 9.79. The van der Waals surface area contributed by atoms with Gasteiger partial charge in [0, 0.05) is 18.5 Å². The molecule has 0 N–H and O–H groups in total. The van der Waals surface area contributed by atoms with Gasteiger partial charge in [-0.05, 0) is 48.0 Å². The fourth-order valence-electron chi connectivity index (χ4n) is 2.93. The second kappa shape index (κ2) is 6.59. The number of imidazole rings is 1. The number of hydrogen-bond donors (Lipinski definition) is 0. The first-order valence-electron chi connectivity index (χ1n) is 8.07. The van der Waals surface area contributed by atoms with Crippen LogP contribution in [-0.4, -0.2) is 19.1 Å². The van der Waals surface area contributed by atoms with Crippen LogP contribution < -0.4 is 5.56 Å². The molecule has 8 heteroatoms. The molecule has 2 heterocycles. The van der Waals surface area contributed by atoms with Crippen molar-refractivity contribution in [2.75, 3.05) is 0 Å². The maximum atomic E-state index is 14.2. The van der Waals surface area contributed by atoms with Gasteiger partial charge in [-0.3, -0.25) is 9.36 Å². The van der Waals surface area contributed by atoms with Crippen LogP contribution in [0.1, 0.15) is 11.4 Å². The molecule has 0 saturated carbocycles. The van der Waals surface area contributed by atoms with Crippen LogP contribution in [0.5, 0.6) is 0 Å². The SMILES string of the molecule is Cn1cnc2c(=O)n(-c3ccc(Cl)cc3)c(Cc3cc(F)ccc3F)nc21. The number of aromatic nitrogens is 4. The van der Waals surface area contributed by atoms with Crippen molar-refractivity contribution in [3.05, 3.63) is 87.2 Å². The molecule has 2 aromatic heterocycles. The summed E-state index contributed by atoms with van der Waals surface area (Å²) in [6.45, 7) is 0. The standard InChI is InChI=1S/C19H13ClF2N4O/c1-25-10-23-17-18(25)24-16(9-11-8-13(21)4-7-15(11)22)26(19(17)27)14-5-2-12(20)3-6-14/h2-8,10H,9H2,1H3. The molecule has 0 aliphatic heterocycles. The molecule has 0 amide bonds. The van der Waals surface area contributed by atoms with Crippen LogP contribution in [0.15, 0.2) is 53.6 Å². The molecule has 4 aromatic rings. The molecular formula is C19H13ClF2N4O. The highest BCUT2D eigenvalue weighted by molar-refractivity contribution is 6.30. The lowest BCUT2D eigenvalue weighted by Crippen LogP contribution is -2.24. The Morgan fingerprint density at radius 3 is 2.59 bits per heavy atom. The summed E-state index contributed by atoms with van der Waals surface area (Å²) in [5.41, 5.74) is 0.782. The largest absolute Gasteiger partial charge is 0.318 e. The van der Waals surface area contributed by atoms with E-state index in [9.17, 15) is 13.6 Å². The minimum absolute atomic E-state index is 0.0669. The van der Waals surface area contributed by atoms with Gasteiger partial charge in [-0.2, -0.15) is 0 Å². The van der Waals surface area contributed by atoms with Gasteiger partial charge in [-0.1, -0.05) is 11.6 Å². The van der Waals surface area contributed by atoms with Crippen LogP contribution >= 0.6 is 11.6 Å². The van der Waals surface area contributed by atoms with E-state index < -0.39 is 17.2 Å². The van der Waals surface area contributed by atoms with E-state index in [0.29, 0.717) is 16.4 Å². The lowest BCUT2D eigenvalue weighted by molar-refractivity contribution is 0.586. The third-order valence-corrected chi connectivity index (χ3v) is 4.50. The first kappa shape index (κ1) is 17.4. The van der Waals surface area contributed by atoms with Crippen LogP contribution in [0.3, 0.4) is 0 Å². The number of hydrogen-bond acceptors (Lipinski definition) is 3. The quantitative estimate of drug-likeness (QED) is 0.540. The monoisotopic (exact) mass is 386 g/mol. The Morgan fingerprint density at radius 1 is 1.11 bits per heavy atom. The maximum Gasteiger partial charge on any atom is 0.286 e. The lowest BCUT2D eigenvalue weighted by atomic mass is 10.1. The number of aryl methyl sites for hydroxylation is 1. The Bertz CT molecular complexity index is 1220. The van der Waals surface area contributed by atoms with Gasteiger partial charge in [-0.15, -0.1) is 0 Å². The molecule has 0 saturated heterocycles. The lowest BCUT2D eigenvalue weighted by Gasteiger charge is -2.13. The summed E-state index contributed by atoms with van der Waals surface area (Å²) in [4.78, 5) is 21.6. The molecule has 0 spiro atoms. The zero-order chi connectivity index (χ0) is 19.1. The van der Waals surface area contributed by atoms with Crippen LogP contribution in [0.25, 0.3) is 16.9 Å². The predicted octanol–water partition coefficient (Wildman–Crippen LogP) is 3.64. The molecule has 0 unspecified atom stereocenters. The van der Waals surface area contributed by atoms with Gasteiger partial charge >= 0.3 is 0 Å². The number of rotatable bonds is 3. The van der Waals surface area contributed by atoms with E-state index in [1.165, 1.54) is 10.9 Å². The second-order valence-electron chi connectivity index (χ2n) is 6.09. The van der Waals surface area contributed by atoms with E-state index in [1.54, 1.807) is 35.9 Å². The van der Waals surface area contributed by atoms with Gasteiger partial charge in [0.15, 0.2) is 11.2 Å². The Kier molecular flexibility index (Phi) is 4.24. The van der Waals surface area contributed by atoms with E-state index >= 15 is 0 Å². The molecule has 27 heavy (non-hydrogen) atoms. The summed E-state index contributed by atoms with van der Waals surface area (Å²) < 4.78 is 30.7. The molecule has 0 aliphatic carbocycles. The molecule has 2 aromatic carbocycles. The Hall–Kier alpha value is -3.06. The van der Waals surface area contributed by atoms with Crippen molar-refractivity contribution in [3.8, 4) is 5.69 Å². The average molecular weight is 387 g/mol. The van der Waals surface area contributed by atoms with Gasteiger partial charge in [0.25, 0.3) is 5.56 Å². The molecular weight excluding hydrogens is 374 g/mol. The normalized spacial score (nSPS) is 11.3. The van der Waals surface area contributed by atoms with Crippen LogP contribution in [0.4, 0.5) is 8.78 Å². The minimum Gasteiger partial charge on any atom is -0.318 e. The molecule has 0 atom stereocenters. The zero-order valence-electron chi connectivity index (χ0n) is 14.2. The third-order valence-electron chi connectivity index (χ3n) is 4.25. The van der Waals surface area contributed by atoms with Gasteiger partial charge in [0.05, 0.1) is 12.0 Å². The average Bonchev–Trinajstić information content (AvgIpc) is 3.01. The number of nitrogens with zero attached hydrogens (tertiary/aromatic N) is 4. The molecule has 0 radical (unpaired) electrons. The highest BCUT2D eigenvalue weighted by Gasteiger charge is 2.17. The van der Waals surface area contributed by atoms with Crippen molar-refractivity contribution < 1.29 is 8.78 Å². The van der Waals surface area contributed by atoms with Crippen LogP contribution in [0.2, 0.25) is 5.02 Å². The topological polar surface area (TPSA) is 52.7 Å². The van der Waals surface area contributed by atoms with Crippen molar-refractivity contribution in [1.82, 2.24) is 19.1 Å². The van der Waals surface area contributed by atoms with Crippen molar-refractivity contribution >= 4 is 22.8 Å². The Morgan fingerprint density at radius 2 is 1.85 bits per heavy atom.